The fourth-order valence-electron chi connectivity index (χ4n) is 4.66. The standard InChI is InChI=1S/C27H30ClNO3/c28-24-12-7-13-26(18-24)32-20-25(30)19-29-16-14-23(15-17-29)27(31,21-8-3-1-4-9-21)22-10-5-2-6-11-22/h1-13,18,23,25,30-31H,14-17,19-20H2/t25-/m0/s1. The molecular weight excluding hydrogens is 422 g/mol. The first-order chi connectivity index (χ1) is 15.6. The van der Waals surface area contributed by atoms with Crippen LogP contribution in [0.15, 0.2) is 84.9 Å². The first-order valence-electron chi connectivity index (χ1n) is 11.2. The maximum Gasteiger partial charge on any atom is 0.120 e. The average Bonchev–Trinajstić information content (AvgIpc) is 2.84. The number of halogens is 1. The Morgan fingerprint density at radius 3 is 2.06 bits per heavy atom. The smallest absolute Gasteiger partial charge is 0.120 e. The molecule has 2 N–H and O–H groups in total. The molecule has 1 aliphatic rings. The van der Waals surface area contributed by atoms with Gasteiger partial charge in [-0.15, -0.1) is 0 Å². The lowest BCUT2D eigenvalue weighted by atomic mass is 9.72. The van der Waals surface area contributed by atoms with Gasteiger partial charge in [0.05, 0.1) is 0 Å². The van der Waals surface area contributed by atoms with Gasteiger partial charge in [0.15, 0.2) is 0 Å². The van der Waals surface area contributed by atoms with Crippen molar-refractivity contribution in [2.75, 3.05) is 26.2 Å². The lowest BCUT2D eigenvalue weighted by molar-refractivity contribution is -0.0222. The van der Waals surface area contributed by atoms with Crippen molar-refractivity contribution in [1.82, 2.24) is 4.90 Å². The largest absolute Gasteiger partial charge is 0.491 e. The minimum atomic E-state index is -1.02. The Hall–Kier alpha value is -2.37. The van der Waals surface area contributed by atoms with Gasteiger partial charge in [-0.1, -0.05) is 78.3 Å². The van der Waals surface area contributed by atoms with E-state index in [9.17, 15) is 10.2 Å². The number of ether oxygens (including phenoxy) is 1. The van der Waals surface area contributed by atoms with Crippen LogP contribution in [0.5, 0.6) is 5.75 Å². The highest BCUT2D eigenvalue weighted by atomic mass is 35.5. The zero-order valence-electron chi connectivity index (χ0n) is 18.1. The summed E-state index contributed by atoms with van der Waals surface area (Å²) < 4.78 is 5.68. The van der Waals surface area contributed by atoms with Gasteiger partial charge in [0.1, 0.15) is 24.1 Å². The molecule has 0 unspecified atom stereocenters. The molecule has 0 amide bonds. The van der Waals surface area contributed by atoms with Crippen molar-refractivity contribution in [3.8, 4) is 5.75 Å². The lowest BCUT2D eigenvalue weighted by Gasteiger charge is -2.42. The second-order valence-corrected chi connectivity index (χ2v) is 8.93. The summed E-state index contributed by atoms with van der Waals surface area (Å²) in [7, 11) is 0. The number of likely N-dealkylation sites (tertiary alicyclic amines) is 1. The molecule has 168 valence electrons. The van der Waals surface area contributed by atoms with Crippen molar-refractivity contribution in [1.29, 1.82) is 0 Å². The van der Waals surface area contributed by atoms with E-state index in [1.165, 1.54) is 0 Å². The topological polar surface area (TPSA) is 52.9 Å². The maximum atomic E-state index is 12.0. The van der Waals surface area contributed by atoms with E-state index in [0.717, 1.165) is 37.1 Å². The average molecular weight is 452 g/mol. The molecule has 4 rings (SSSR count). The van der Waals surface area contributed by atoms with Gasteiger partial charge in [0, 0.05) is 11.6 Å². The first kappa shape index (κ1) is 22.8. The Balaban J connectivity index is 1.37. The van der Waals surface area contributed by atoms with Crippen molar-refractivity contribution in [2.45, 2.75) is 24.5 Å². The molecule has 3 aromatic rings. The van der Waals surface area contributed by atoms with E-state index in [1.54, 1.807) is 12.1 Å². The third-order valence-electron chi connectivity index (χ3n) is 6.31. The number of nitrogens with zero attached hydrogens (tertiary/aromatic N) is 1. The predicted molar refractivity (Wildman–Crippen MR) is 128 cm³/mol. The van der Waals surface area contributed by atoms with Crippen LogP contribution in [0, 0.1) is 5.92 Å². The number of β-amino-alcohol motifs (C(OH)–C–C–N with tert-alkyl or cyclic N) is 1. The van der Waals surface area contributed by atoms with Crippen molar-refractivity contribution < 1.29 is 14.9 Å². The van der Waals surface area contributed by atoms with Gasteiger partial charge >= 0.3 is 0 Å². The van der Waals surface area contributed by atoms with Crippen LogP contribution in [0.3, 0.4) is 0 Å². The fraction of sp³-hybridized carbons (Fsp3) is 0.333. The van der Waals surface area contributed by atoms with E-state index in [-0.39, 0.29) is 12.5 Å². The Bertz CT molecular complexity index is 935. The van der Waals surface area contributed by atoms with Crippen LogP contribution in [-0.4, -0.2) is 47.5 Å². The summed E-state index contributed by atoms with van der Waals surface area (Å²) in [4.78, 5) is 2.25. The number of aliphatic hydroxyl groups is 2. The highest BCUT2D eigenvalue weighted by Crippen LogP contribution is 2.41. The molecule has 4 nitrogen and oxygen atoms in total. The maximum absolute atomic E-state index is 12.0. The van der Waals surface area contributed by atoms with Crippen molar-refractivity contribution in [3.05, 3.63) is 101 Å². The van der Waals surface area contributed by atoms with Crippen molar-refractivity contribution in [3.63, 3.8) is 0 Å². The van der Waals surface area contributed by atoms with Crippen molar-refractivity contribution >= 4 is 11.6 Å². The molecule has 0 saturated carbocycles. The summed E-state index contributed by atoms with van der Waals surface area (Å²) in [5.41, 5.74) is 0.835. The zero-order valence-corrected chi connectivity index (χ0v) is 18.9. The van der Waals surface area contributed by atoms with Crippen LogP contribution in [0.4, 0.5) is 0 Å². The SMILES string of the molecule is O[C@H](COc1cccc(Cl)c1)CN1CCC(C(O)(c2ccccc2)c2ccccc2)CC1. The van der Waals surface area contributed by atoms with Crippen LogP contribution < -0.4 is 4.74 Å². The zero-order chi connectivity index (χ0) is 22.4. The van der Waals surface area contributed by atoms with E-state index < -0.39 is 11.7 Å². The molecule has 0 bridgehead atoms. The monoisotopic (exact) mass is 451 g/mol. The second-order valence-electron chi connectivity index (χ2n) is 8.50. The minimum absolute atomic E-state index is 0.100. The molecule has 0 spiro atoms. The van der Waals surface area contributed by atoms with Gasteiger partial charge in [0.25, 0.3) is 0 Å². The summed E-state index contributed by atoms with van der Waals surface area (Å²) in [5.74, 6) is 0.759. The summed E-state index contributed by atoms with van der Waals surface area (Å²) in [6.45, 7) is 2.41. The summed E-state index contributed by atoms with van der Waals surface area (Å²) in [5, 5.41) is 23.1. The third kappa shape index (κ3) is 5.33. The third-order valence-corrected chi connectivity index (χ3v) is 6.55. The summed E-state index contributed by atoms with van der Waals surface area (Å²) >= 11 is 5.98. The molecule has 3 aromatic carbocycles. The highest BCUT2D eigenvalue weighted by Gasteiger charge is 2.41. The fourth-order valence-corrected chi connectivity index (χ4v) is 4.84. The van der Waals surface area contributed by atoms with Gasteiger partial charge in [-0.2, -0.15) is 0 Å². The molecule has 0 radical (unpaired) electrons. The molecule has 1 fully saturated rings. The summed E-state index contributed by atoms with van der Waals surface area (Å²) in [6.07, 6.45) is 1.11. The number of hydrogen-bond acceptors (Lipinski definition) is 4. The first-order valence-corrected chi connectivity index (χ1v) is 11.6. The Morgan fingerprint density at radius 2 is 1.50 bits per heavy atom. The van der Waals surface area contributed by atoms with Gasteiger partial charge in [-0.05, 0) is 61.2 Å². The molecule has 5 heteroatoms. The van der Waals surface area contributed by atoms with Gasteiger partial charge in [-0.25, -0.2) is 0 Å². The highest BCUT2D eigenvalue weighted by molar-refractivity contribution is 6.30. The summed E-state index contributed by atoms with van der Waals surface area (Å²) in [6, 6.07) is 27.1. The van der Waals surface area contributed by atoms with E-state index >= 15 is 0 Å². The van der Waals surface area contributed by atoms with Crippen LogP contribution in [0.2, 0.25) is 5.02 Å². The molecule has 1 atom stereocenters. The van der Waals surface area contributed by atoms with E-state index in [1.807, 2.05) is 72.8 Å². The molecule has 32 heavy (non-hydrogen) atoms. The Labute approximate surface area is 195 Å². The number of hydrogen-bond donors (Lipinski definition) is 2. The number of piperidine rings is 1. The number of aliphatic hydroxyl groups excluding tert-OH is 1. The molecular formula is C27H30ClNO3. The Kier molecular flexibility index (Phi) is 7.48. The normalized spacial score (nSPS) is 16.6. The van der Waals surface area contributed by atoms with E-state index in [0.29, 0.717) is 17.3 Å². The molecule has 1 aliphatic heterocycles. The predicted octanol–water partition coefficient (Wildman–Crippen LogP) is 4.73. The molecule has 0 aromatic heterocycles. The van der Waals surface area contributed by atoms with Crippen LogP contribution >= 0.6 is 11.6 Å². The molecule has 1 saturated heterocycles. The second kappa shape index (κ2) is 10.5. The quantitative estimate of drug-likeness (QED) is 0.520. The van der Waals surface area contributed by atoms with Gasteiger partial charge < -0.3 is 19.8 Å². The van der Waals surface area contributed by atoms with Crippen LogP contribution in [0.25, 0.3) is 0 Å². The minimum Gasteiger partial charge on any atom is -0.491 e. The van der Waals surface area contributed by atoms with E-state index in [2.05, 4.69) is 4.90 Å². The lowest BCUT2D eigenvalue weighted by Crippen LogP contribution is -2.46. The molecule has 0 aliphatic carbocycles. The van der Waals surface area contributed by atoms with Crippen LogP contribution in [0.1, 0.15) is 24.0 Å². The molecule has 1 heterocycles. The Morgan fingerprint density at radius 1 is 0.906 bits per heavy atom. The van der Waals surface area contributed by atoms with Gasteiger partial charge in [-0.3, -0.25) is 0 Å². The van der Waals surface area contributed by atoms with Crippen molar-refractivity contribution in [2.24, 2.45) is 5.92 Å². The number of rotatable bonds is 8. The number of benzene rings is 3. The van der Waals surface area contributed by atoms with Gasteiger partial charge in [0.2, 0.25) is 0 Å². The van der Waals surface area contributed by atoms with Crippen LogP contribution in [-0.2, 0) is 5.60 Å². The van der Waals surface area contributed by atoms with E-state index in [4.69, 9.17) is 16.3 Å².